The van der Waals surface area contributed by atoms with Gasteiger partial charge < -0.3 is 15.7 Å². The molecule has 1 rings (SSSR count). The molecule has 0 aliphatic rings. The summed E-state index contributed by atoms with van der Waals surface area (Å²) in [4.78, 5) is 21.7. The van der Waals surface area contributed by atoms with Crippen molar-refractivity contribution in [2.24, 2.45) is 0 Å². The first kappa shape index (κ1) is 15.0. The van der Waals surface area contributed by atoms with Crippen LogP contribution in [-0.2, 0) is 11.3 Å². The van der Waals surface area contributed by atoms with Crippen LogP contribution in [0.4, 0.5) is 4.79 Å². The third kappa shape index (κ3) is 7.80. The summed E-state index contributed by atoms with van der Waals surface area (Å²) in [6, 6.07) is -0.202. The molecule has 0 saturated heterocycles. The molecule has 2 amide bonds. The maximum atomic E-state index is 11.4. The predicted octanol–water partition coefficient (Wildman–Crippen LogP) is 1.24. The first-order valence-corrected chi connectivity index (χ1v) is 6.39. The van der Waals surface area contributed by atoms with Crippen molar-refractivity contribution in [1.82, 2.24) is 20.8 Å². The van der Waals surface area contributed by atoms with Crippen LogP contribution in [0.5, 0.6) is 0 Å². The summed E-state index contributed by atoms with van der Waals surface area (Å²) in [6.45, 7) is 1.05. The number of carboxylic acids is 1. The van der Waals surface area contributed by atoms with Crippen molar-refractivity contribution < 1.29 is 14.7 Å². The van der Waals surface area contributed by atoms with Gasteiger partial charge in [-0.1, -0.05) is 12.8 Å². The molecule has 0 fully saturated rings. The Morgan fingerprint density at radius 1 is 1.21 bits per heavy atom. The number of aromatic amines is 1. The summed E-state index contributed by atoms with van der Waals surface area (Å²) in [6.07, 6.45) is 6.96. The zero-order chi connectivity index (χ0) is 13.9. The van der Waals surface area contributed by atoms with Crippen LogP contribution in [0.25, 0.3) is 0 Å². The first-order chi connectivity index (χ1) is 9.18. The minimum absolute atomic E-state index is 0.202. The Hall–Kier alpha value is -2.05. The standard InChI is InChI=1S/C12H20N4O3/c17-11(18)5-3-1-2-4-6-13-12(19)14-7-10-8-15-16-9-10/h8-9H,1-7H2,(H,15,16)(H,17,18)(H2,13,14,19). The normalized spacial score (nSPS) is 10.1. The Kier molecular flexibility index (Phi) is 7.08. The van der Waals surface area contributed by atoms with E-state index in [2.05, 4.69) is 20.8 Å². The number of carboxylic acid groups (broad SMARTS) is 1. The summed E-state index contributed by atoms with van der Waals surface area (Å²) in [5.41, 5.74) is 0.920. The van der Waals surface area contributed by atoms with E-state index in [0.717, 1.165) is 24.8 Å². The molecule has 0 atom stereocenters. The van der Waals surface area contributed by atoms with E-state index in [1.54, 1.807) is 12.4 Å². The van der Waals surface area contributed by atoms with E-state index in [4.69, 9.17) is 5.11 Å². The highest BCUT2D eigenvalue weighted by atomic mass is 16.4. The van der Waals surface area contributed by atoms with Gasteiger partial charge in [-0.15, -0.1) is 0 Å². The summed E-state index contributed by atoms with van der Waals surface area (Å²) in [7, 11) is 0. The molecule has 7 heteroatoms. The Morgan fingerprint density at radius 2 is 2.00 bits per heavy atom. The van der Waals surface area contributed by atoms with Crippen molar-refractivity contribution >= 4 is 12.0 Å². The molecule has 19 heavy (non-hydrogen) atoms. The molecular weight excluding hydrogens is 248 g/mol. The minimum Gasteiger partial charge on any atom is -0.481 e. The number of H-pyrrole nitrogens is 1. The van der Waals surface area contributed by atoms with E-state index in [1.165, 1.54) is 0 Å². The fourth-order valence-corrected chi connectivity index (χ4v) is 1.58. The molecule has 0 unspecified atom stereocenters. The highest BCUT2D eigenvalue weighted by Gasteiger charge is 2.00. The Bertz CT molecular complexity index is 378. The van der Waals surface area contributed by atoms with Crippen molar-refractivity contribution in [1.29, 1.82) is 0 Å². The van der Waals surface area contributed by atoms with Gasteiger partial charge in [0.25, 0.3) is 0 Å². The van der Waals surface area contributed by atoms with Gasteiger partial charge in [0.1, 0.15) is 0 Å². The van der Waals surface area contributed by atoms with E-state index in [0.29, 0.717) is 19.5 Å². The molecule has 0 bridgehead atoms. The highest BCUT2D eigenvalue weighted by Crippen LogP contribution is 2.02. The molecule has 1 heterocycles. The maximum Gasteiger partial charge on any atom is 0.315 e. The number of carbonyl (C=O) groups excluding carboxylic acids is 1. The topological polar surface area (TPSA) is 107 Å². The van der Waals surface area contributed by atoms with Crippen LogP contribution in [-0.4, -0.2) is 33.8 Å². The molecule has 0 saturated carbocycles. The molecule has 106 valence electrons. The van der Waals surface area contributed by atoms with Crippen LogP contribution >= 0.6 is 0 Å². The zero-order valence-corrected chi connectivity index (χ0v) is 10.8. The van der Waals surface area contributed by atoms with Crippen LogP contribution in [0.2, 0.25) is 0 Å². The van der Waals surface area contributed by atoms with Gasteiger partial charge in [-0.3, -0.25) is 9.89 Å². The van der Waals surface area contributed by atoms with Gasteiger partial charge in [0.15, 0.2) is 0 Å². The predicted molar refractivity (Wildman–Crippen MR) is 69.5 cm³/mol. The second kappa shape index (κ2) is 8.96. The van der Waals surface area contributed by atoms with E-state index in [1.807, 2.05) is 0 Å². The number of hydrogen-bond acceptors (Lipinski definition) is 3. The molecule has 4 N–H and O–H groups in total. The number of aromatic nitrogens is 2. The smallest absolute Gasteiger partial charge is 0.315 e. The lowest BCUT2D eigenvalue weighted by atomic mass is 10.1. The van der Waals surface area contributed by atoms with Crippen molar-refractivity contribution in [2.45, 2.75) is 38.6 Å². The number of rotatable bonds is 9. The van der Waals surface area contributed by atoms with Crippen molar-refractivity contribution in [3.05, 3.63) is 18.0 Å². The number of unbranched alkanes of at least 4 members (excludes halogenated alkanes) is 3. The summed E-state index contributed by atoms with van der Waals surface area (Å²) < 4.78 is 0. The fourth-order valence-electron chi connectivity index (χ4n) is 1.58. The van der Waals surface area contributed by atoms with Gasteiger partial charge in [-0.05, 0) is 12.8 Å². The Morgan fingerprint density at radius 3 is 2.68 bits per heavy atom. The van der Waals surface area contributed by atoms with E-state index in [9.17, 15) is 9.59 Å². The third-order valence-corrected chi connectivity index (χ3v) is 2.61. The molecule has 1 aromatic heterocycles. The summed E-state index contributed by atoms with van der Waals surface area (Å²) >= 11 is 0. The number of urea groups is 1. The van der Waals surface area contributed by atoms with Crippen molar-refractivity contribution in [3.63, 3.8) is 0 Å². The van der Waals surface area contributed by atoms with Gasteiger partial charge in [0.2, 0.25) is 0 Å². The lowest BCUT2D eigenvalue weighted by Gasteiger charge is -2.06. The largest absolute Gasteiger partial charge is 0.481 e. The fraction of sp³-hybridized carbons (Fsp3) is 0.583. The number of amides is 2. The second-order valence-electron chi connectivity index (χ2n) is 4.27. The molecule has 0 aliphatic heterocycles. The molecule has 0 aromatic carbocycles. The van der Waals surface area contributed by atoms with Crippen LogP contribution in [0, 0.1) is 0 Å². The van der Waals surface area contributed by atoms with Gasteiger partial charge in [0.05, 0.1) is 6.20 Å². The number of carbonyl (C=O) groups is 2. The number of nitrogens with zero attached hydrogens (tertiary/aromatic N) is 1. The zero-order valence-electron chi connectivity index (χ0n) is 10.8. The van der Waals surface area contributed by atoms with Gasteiger partial charge >= 0.3 is 12.0 Å². The van der Waals surface area contributed by atoms with E-state index >= 15 is 0 Å². The average molecular weight is 268 g/mol. The third-order valence-electron chi connectivity index (χ3n) is 2.61. The first-order valence-electron chi connectivity index (χ1n) is 6.39. The van der Waals surface area contributed by atoms with Crippen molar-refractivity contribution in [3.8, 4) is 0 Å². The molecule has 1 aromatic rings. The minimum atomic E-state index is -0.753. The summed E-state index contributed by atoms with van der Waals surface area (Å²) in [5.74, 6) is -0.753. The van der Waals surface area contributed by atoms with Crippen LogP contribution in [0.15, 0.2) is 12.4 Å². The number of aliphatic carboxylic acids is 1. The molecule has 0 spiro atoms. The number of nitrogens with one attached hydrogen (secondary N) is 3. The SMILES string of the molecule is O=C(O)CCCCCCNC(=O)NCc1cn[nH]c1. The lowest BCUT2D eigenvalue weighted by molar-refractivity contribution is -0.137. The van der Waals surface area contributed by atoms with Crippen molar-refractivity contribution in [2.75, 3.05) is 6.54 Å². The van der Waals surface area contributed by atoms with Crippen LogP contribution in [0.3, 0.4) is 0 Å². The van der Waals surface area contributed by atoms with Crippen LogP contribution < -0.4 is 10.6 Å². The van der Waals surface area contributed by atoms with Gasteiger partial charge in [-0.25, -0.2) is 4.79 Å². The molecule has 0 radical (unpaired) electrons. The maximum absolute atomic E-state index is 11.4. The van der Waals surface area contributed by atoms with Crippen LogP contribution in [0.1, 0.15) is 37.7 Å². The molecule has 7 nitrogen and oxygen atoms in total. The molecular formula is C12H20N4O3. The second-order valence-corrected chi connectivity index (χ2v) is 4.27. The molecule has 0 aliphatic carbocycles. The summed E-state index contributed by atoms with van der Waals surface area (Å²) in [5, 5.41) is 20.4. The van der Waals surface area contributed by atoms with Gasteiger partial charge in [-0.2, -0.15) is 5.10 Å². The average Bonchev–Trinajstić information content (AvgIpc) is 2.88. The van der Waals surface area contributed by atoms with Gasteiger partial charge in [0, 0.05) is 31.3 Å². The quantitative estimate of drug-likeness (QED) is 0.505. The van der Waals surface area contributed by atoms with E-state index in [-0.39, 0.29) is 12.5 Å². The lowest BCUT2D eigenvalue weighted by Crippen LogP contribution is -2.35. The Labute approximate surface area is 111 Å². The van der Waals surface area contributed by atoms with E-state index < -0.39 is 5.97 Å². The monoisotopic (exact) mass is 268 g/mol. The number of hydrogen-bond donors (Lipinski definition) is 4. The Balaban J connectivity index is 1.91. The highest BCUT2D eigenvalue weighted by molar-refractivity contribution is 5.73.